The number of methoxy groups -OCH3 is 1. The molecule has 1 atom stereocenters. The molecule has 0 radical (unpaired) electrons. The van der Waals surface area contributed by atoms with Gasteiger partial charge in [0.15, 0.2) is 5.78 Å². The molecule has 0 aliphatic heterocycles. The number of halogens is 2. The van der Waals surface area contributed by atoms with Gasteiger partial charge in [0, 0.05) is 28.8 Å². The predicted molar refractivity (Wildman–Crippen MR) is 147 cm³/mol. The van der Waals surface area contributed by atoms with Crippen LogP contribution in [0.15, 0.2) is 77.6 Å². The third-order valence-electron chi connectivity index (χ3n) is 6.10. The lowest BCUT2D eigenvalue weighted by molar-refractivity contribution is -0.119. The van der Waals surface area contributed by atoms with E-state index in [0.29, 0.717) is 21.7 Å². The molecule has 11 heteroatoms. The summed E-state index contributed by atoms with van der Waals surface area (Å²) in [4.78, 5) is 50.3. The van der Waals surface area contributed by atoms with E-state index in [1.807, 2.05) is 0 Å². The summed E-state index contributed by atoms with van der Waals surface area (Å²) in [6.45, 7) is 1.37. The molecule has 0 aliphatic rings. The number of carbonyl (C=O) groups excluding carboxylic acids is 2. The van der Waals surface area contributed by atoms with E-state index in [-0.39, 0.29) is 29.3 Å². The Labute approximate surface area is 232 Å². The molecule has 1 aromatic heterocycles. The van der Waals surface area contributed by atoms with Gasteiger partial charge in [-0.3, -0.25) is 14.4 Å². The lowest BCUT2D eigenvalue weighted by Crippen LogP contribution is -2.36. The molecule has 9 nitrogen and oxygen atoms in total. The van der Waals surface area contributed by atoms with Crippen LogP contribution in [0.4, 0.5) is 10.1 Å². The van der Waals surface area contributed by atoms with Gasteiger partial charge in [-0.15, -0.1) is 5.10 Å². The van der Waals surface area contributed by atoms with Crippen molar-refractivity contribution < 1.29 is 28.6 Å². The summed E-state index contributed by atoms with van der Waals surface area (Å²) in [7, 11) is 1.33. The third-order valence-corrected chi connectivity index (χ3v) is 6.34. The summed E-state index contributed by atoms with van der Waals surface area (Å²) in [5.41, 5.74) is 0.324. The number of aromatic nitrogens is 2. The SMILES string of the molecule is COc1nn([C@@H](Cc2ccccc2)C(=O)Nc2ccc(C(=O)O)c(F)c2)c(=O)cc1-c1cc(Cl)ccc1C(C)=O. The first-order chi connectivity index (χ1) is 19.1. The average molecular weight is 564 g/mol. The lowest BCUT2D eigenvalue weighted by Gasteiger charge is -2.20. The molecule has 0 unspecified atom stereocenters. The fourth-order valence-electron chi connectivity index (χ4n) is 4.19. The van der Waals surface area contributed by atoms with E-state index >= 15 is 0 Å². The Balaban J connectivity index is 1.80. The van der Waals surface area contributed by atoms with E-state index in [1.165, 1.54) is 38.3 Å². The van der Waals surface area contributed by atoms with Crippen LogP contribution in [-0.4, -0.2) is 39.7 Å². The summed E-state index contributed by atoms with van der Waals surface area (Å²) in [6.07, 6.45) is 0.0354. The van der Waals surface area contributed by atoms with E-state index < -0.39 is 34.9 Å². The number of hydrogen-bond donors (Lipinski definition) is 2. The molecular formula is C29H23ClFN3O6. The van der Waals surface area contributed by atoms with Crippen LogP contribution in [-0.2, 0) is 11.2 Å². The van der Waals surface area contributed by atoms with Gasteiger partial charge >= 0.3 is 5.97 Å². The summed E-state index contributed by atoms with van der Waals surface area (Å²) < 4.78 is 20.7. The van der Waals surface area contributed by atoms with Crippen LogP contribution in [0.5, 0.6) is 5.88 Å². The van der Waals surface area contributed by atoms with Crippen molar-refractivity contribution in [2.45, 2.75) is 19.4 Å². The first-order valence-electron chi connectivity index (χ1n) is 12.0. The second kappa shape index (κ2) is 11.9. The second-order valence-electron chi connectivity index (χ2n) is 8.79. The van der Waals surface area contributed by atoms with Crippen molar-refractivity contribution in [2.75, 3.05) is 12.4 Å². The fourth-order valence-corrected chi connectivity index (χ4v) is 4.36. The van der Waals surface area contributed by atoms with Gasteiger partial charge in [-0.05, 0) is 54.4 Å². The molecule has 0 aliphatic carbocycles. The fraction of sp³-hybridized carbons (Fsp3) is 0.138. The van der Waals surface area contributed by atoms with Crippen LogP contribution in [0.3, 0.4) is 0 Å². The average Bonchev–Trinajstić information content (AvgIpc) is 2.92. The molecule has 204 valence electrons. The minimum Gasteiger partial charge on any atom is -0.480 e. The number of ketones is 1. The maximum atomic E-state index is 14.3. The van der Waals surface area contributed by atoms with Crippen molar-refractivity contribution in [3.63, 3.8) is 0 Å². The topological polar surface area (TPSA) is 128 Å². The predicted octanol–water partition coefficient (Wildman–Crippen LogP) is 5.03. The number of carboxylic acid groups (broad SMARTS) is 1. The zero-order chi connectivity index (χ0) is 29.0. The van der Waals surface area contributed by atoms with Crippen molar-refractivity contribution >= 4 is 34.9 Å². The Hall–Kier alpha value is -4.83. The molecule has 40 heavy (non-hydrogen) atoms. The van der Waals surface area contributed by atoms with E-state index in [2.05, 4.69) is 10.4 Å². The molecule has 0 saturated carbocycles. The van der Waals surface area contributed by atoms with Crippen molar-refractivity contribution in [3.8, 4) is 17.0 Å². The molecule has 1 heterocycles. The number of carbonyl (C=O) groups is 3. The monoisotopic (exact) mass is 563 g/mol. The number of rotatable bonds is 9. The maximum absolute atomic E-state index is 14.3. The summed E-state index contributed by atoms with van der Waals surface area (Å²) in [5, 5.41) is 16.3. The lowest BCUT2D eigenvalue weighted by atomic mass is 9.98. The highest BCUT2D eigenvalue weighted by Gasteiger charge is 2.27. The zero-order valence-corrected chi connectivity index (χ0v) is 22.1. The highest BCUT2D eigenvalue weighted by molar-refractivity contribution is 6.31. The van der Waals surface area contributed by atoms with Gasteiger partial charge in [-0.2, -0.15) is 0 Å². The molecule has 4 aromatic rings. The summed E-state index contributed by atoms with van der Waals surface area (Å²) in [6, 6.07) is 16.6. The number of nitrogens with one attached hydrogen (secondary N) is 1. The number of amides is 1. The highest BCUT2D eigenvalue weighted by Crippen LogP contribution is 2.32. The second-order valence-corrected chi connectivity index (χ2v) is 9.23. The van der Waals surface area contributed by atoms with Gasteiger partial charge in [0.2, 0.25) is 11.8 Å². The maximum Gasteiger partial charge on any atom is 0.338 e. The van der Waals surface area contributed by atoms with E-state index in [0.717, 1.165) is 16.8 Å². The molecule has 0 fully saturated rings. The molecule has 0 saturated heterocycles. The van der Waals surface area contributed by atoms with Crippen molar-refractivity contribution in [2.24, 2.45) is 0 Å². The highest BCUT2D eigenvalue weighted by atomic mass is 35.5. The molecule has 0 bridgehead atoms. The van der Waals surface area contributed by atoms with Crippen LogP contribution >= 0.6 is 11.6 Å². The Morgan fingerprint density at radius 3 is 2.35 bits per heavy atom. The molecule has 4 rings (SSSR count). The molecule has 0 spiro atoms. The Kier molecular flexibility index (Phi) is 8.40. The number of Topliss-reactive ketones (excluding diaryl/α,β-unsaturated/α-hetero) is 1. The van der Waals surface area contributed by atoms with Gasteiger partial charge in [-0.1, -0.05) is 41.9 Å². The number of aromatic carboxylic acids is 1. The van der Waals surface area contributed by atoms with Crippen LogP contribution in [0.1, 0.15) is 39.2 Å². The van der Waals surface area contributed by atoms with E-state index in [1.54, 1.807) is 36.4 Å². The van der Waals surface area contributed by atoms with Crippen LogP contribution in [0.2, 0.25) is 5.02 Å². The molecule has 1 amide bonds. The first-order valence-corrected chi connectivity index (χ1v) is 12.3. The zero-order valence-electron chi connectivity index (χ0n) is 21.4. The van der Waals surface area contributed by atoms with Gasteiger partial charge in [0.05, 0.1) is 18.2 Å². The normalized spacial score (nSPS) is 11.5. The van der Waals surface area contributed by atoms with Gasteiger partial charge < -0.3 is 15.2 Å². The number of anilines is 1. The third kappa shape index (κ3) is 6.08. The minimum absolute atomic E-state index is 0.00720. The van der Waals surface area contributed by atoms with Gasteiger partial charge in [0.25, 0.3) is 5.56 Å². The number of benzene rings is 3. The summed E-state index contributed by atoms with van der Waals surface area (Å²) >= 11 is 6.17. The standard InChI is InChI=1S/C29H23ClFN3O6/c1-16(35)20-10-8-18(30)13-22(20)23-15-26(36)34(33-28(23)40-2)25(12-17-6-4-3-5-7-17)27(37)32-19-9-11-21(29(38)39)24(31)14-19/h3-11,13-15,25H,12H2,1-2H3,(H,32,37)(H,38,39)/t25-/m0/s1. The molecule has 2 N–H and O–H groups in total. The Bertz CT molecular complexity index is 1670. The van der Waals surface area contributed by atoms with Gasteiger partial charge in [0.1, 0.15) is 11.9 Å². The number of hydrogen-bond acceptors (Lipinski definition) is 6. The minimum atomic E-state index is -1.45. The largest absolute Gasteiger partial charge is 0.480 e. The quantitative estimate of drug-likeness (QED) is 0.273. The van der Waals surface area contributed by atoms with E-state index in [4.69, 9.17) is 21.4 Å². The molecular weight excluding hydrogens is 541 g/mol. The van der Waals surface area contributed by atoms with Crippen LogP contribution in [0.25, 0.3) is 11.1 Å². The number of nitrogens with zero attached hydrogens (tertiary/aromatic N) is 2. The summed E-state index contributed by atoms with van der Waals surface area (Å²) in [5.74, 6) is -3.49. The number of ether oxygens (including phenoxy) is 1. The van der Waals surface area contributed by atoms with Crippen LogP contribution in [0, 0.1) is 5.82 Å². The number of carboxylic acids is 1. The molecule has 3 aromatic carbocycles. The van der Waals surface area contributed by atoms with Gasteiger partial charge in [-0.25, -0.2) is 13.9 Å². The van der Waals surface area contributed by atoms with Crippen molar-refractivity contribution in [3.05, 3.63) is 111 Å². The van der Waals surface area contributed by atoms with E-state index in [9.17, 15) is 23.6 Å². The van der Waals surface area contributed by atoms with Crippen molar-refractivity contribution in [1.29, 1.82) is 0 Å². The Morgan fingerprint density at radius 2 is 1.73 bits per heavy atom. The van der Waals surface area contributed by atoms with Crippen molar-refractivity contribution in [1.82, 2.24) is 9.78 Å². The first kappa shape index (κ1) is 28.2. The Morgan fingerprint density at radius 1 is 1.02 bits per heavy atom. The van der Waals surface area contributed by atoms with Crippen LogP contribution < -0.4 is 15.6 Å². The smallest absolute Gasteiger partial charge is 0.338 e.